The van der Waals surface area contributed by atoms with Crippen molar-refractivity contribution in [2.75, 3.05) is 38.9 Å². The molecule has 3 aromatic rings. The number of aryl methyl sites for hydroxylation is 1. The second-order valence-electron chi connectivity index (χ2n) is 10.8. The molecule has 3 aromatic carbocycles. The number of carbonyl (C=O) groups excluding carboxylic acids is 4. The number of nitrogens with zero attached hydrogens (tertiary/aromatic N) is 1. The number of benzene rings is 3. The van der Waals surface area contributed by atoms with E-state index in [0.717, 1.165) is 12.2 Å². The number of anilines is 1. The van der Waals surface area contributed by atoms with Crippen molar-refractivity contribution < 1.29 is 47.6 Å². The van der Waals surface area contributed by atoms with Gasteiger partial charge in [0, 0.05) is 17.8 Å². The lowest BCUT2D eigenvalue weighted by Gasteiger charge is -2.12. The predicted molar refractivity (Wildman–Crippen MR) is 191 cm³/mol. The molecule has 3 rings (SSSR count). The van der Waals surface area contributed by atoms with Gasteiger partial charge in [0.15, 0.2) is 11.5 Å². The van der Waals surface area contributed by atoms with E-state index in [2.05, 4.69) is 23.3 Å². The highest BCUT2D eigenvalue weighted by atomic mass is 16.5. The number of hydrogen-bond acceptors (Lipinski definition) is 10. The summed E-state index contributed by atoms with van der Waals surface area (Å²) < 4.78 is 32.3. The van der Waals surface area contributed by atoms with Crippen molar-refractivity contribution >= 4 is 35.6 Å². The van der Waals surface area contributed by atoms with E-state index >= 15 is 0 Å². The van der Waals surface area contributed by atoms with Gasteiger partial charge in [-0.1, -0.05) is 19.2 Å². The number of carbonyl (C=O) groups is 4. The Balaban J connectivity index is 1.52. The molecule has 1 N–H and O–H groups in total. The first-order chi connectivity index (χ1) is 24.7. The molecule has 12 nitrogen and oxygen atoms in total. The maximum absolute atomic E-state index is 13.0. The lowest BCUT2D eigenvalue weighted by molar-refractivity contribution is -0.138. The zero-order chi connectivity index (χ0) is 37.0. The van der Waals surface area contributed by atoms with E-state index in [1.54, 1.807) is 67.6 Å². The third-order valence-electron chi connectivity index (χ3n) is 7.02. The van der Waals surface area contributed by atoms with Gasteiger partial charge in [0.2, 0.25) is 0 Å². The number of nitrogens with one attached hydrogen (secondary N) is 1. The fourth-order valence-electron chi connectivity index (χ4n) is 4.32. The Hall–Kier alpha value is -6.35. The van der Waals surface area contributed by atoms with Gasteiger partial charge in [0.25, 0.3) is 11.6 Å². The minimum atomic E-state index is -0.618. The number of amides is 1. The standard InChI is InChI=1S/C39H40N2O10/c1-6-36(42)49-22-10-8-20-47-30-15-13-29(14-16-30)39(45)51-31-17-18-32(27(3)24-31)41-38(44)33(40-4)25-28-12-19-34(35(26-28)46-5)48-21-9-11-23-50-37(43)7-2/h6-7,12-19,24-26H,1-2,8-11,20-23H2,3,5H3,(H,41,44)/b33-25-. The van der Waals surface area contributed by atoms with Crippen LogP contribution in [0.2, 0.25) is 0 Å². The summed E-state index contributed by atoms with van der Waals surface area (Å²) in [6.45, 7) is 17.4. The Morgan fingerprint density at radius 2 is 1.37 bits per heavy atom. The van der Waals surface area contributed by atoms with Crippen molar-refractivity contribution in [2.24, 2.45) is 0 Å². The van der Waals surface area contributed by atoms with E-state index in [1.807, 2.05) is 0 Å². The van der Waals surface area contributed by atoms with Crippen molar-refractivity contribution in [3.05, 3.63) is 120 Å². The van der Waals surface area contributed by atoms with Crippen molar-refractivity contribution in [1.82, 2.24) is 0 Å². The van der Waals surface area contributed by atoms with Crippen molar-refractivity contribution in [1.29, 1.82) is 0 Å². The van der Waals surface area contributed by atoms with Crippen molar-refractivity contribution in [3.8, 4) is 23.0 Å². The Morgan fingerprint density at radius 3 is 1.96 bits per heavy atom. The lowest BCUT2D eigenvalue weighted by atomic mass is 10.1. The Labute approximate surface area is 297 Å². The second-order valence-corrected chi connectivity index (χ2v) is 10.8. The molecule has 1 amide bonds. The Morgan fingerprint density at radius 1 is 0.765 bits per heavy atom. The summed E-state index contributed by atoms with van der Waals surface area (Å²) >= 11 is 0. The van der Waals surface area contributed by atoms with Crippen LogP contribution in [0.3, 0.4) is 0 Å². The van der Waals surface area contributed by atoms with E-state index in [-0.39, 0.29) is 24.7 Å². The molecule has 0 bridgehead atoms. The molecule has 12 heteroatoms. The SMILES string of the molecule is [C-]#[N+]/C(=C\c1ccc(OCCCCOC(=O)C=C)c(OC)c1)C(=O)Nc1ccc(OC(=O)c2ccc(OCCCCOC(=O)C=C)cc2)cc1C. The topological polar surface area (TPSA) is 140 Å². The summed E-state index contributed by atoms with van der Waals surface area (Å²) in [5, 5.41) is 2.74. The van der Waals surface area contributed by atoms with E-state index in [9.17, 15) is 19.2 Å². The minimum Gasteiger partial charge on any atom is -0.494 e. The highest BCUT2D eigenvalue weighted by Gasteiger charge is 2.15. The van der Waals surface area contributed by atoms with E-state index in [1.165, 1.54) is 13.2 Å². The maximum Gasteiger partial charge on any atom is 0.343 e. The zero-order valence-corrected chi connectivity index (χ0v) is 28.6. The molecule has 0 atom stereocenters. The summed E-state index contributed by atoms with van der Waals surface area (Å²) in [7, 11) is 1.49. The molecule has 0 aliphatic heterocycles. The molecule has 0 aliphatic rings. The van der Waals surface area contributed by atoms with Gasteiger partial charge in [0.05, 0.1) is 45.7 Å². The van der Waals surface area contributed by atoms with Crippen LogP contribution in [0.4, 0.5) is 5.69 Å². The third-order valence-corrected chi connectivity index (χ3v) is 7.02. The first kappa shape index (κ1) is 39.1. The molecule has 51 heavy (non-hydrogen) atoms. The van der Waals surface area contributed by atoms with Gasteiger partial charge in [-0.25, -0.2) is 19.2 Å². The van der Waals surface area contributed by atoms with E-state index in [4.69, 9.17) is 35.0 Å². The van der Waals surface area contributed by atoms with Crippen LogP contribution in [-0.4, -0.2) is 57.4 Å². The van der Waals surface area contributed by atoms with Crippen LogP contribution in [0.25, 0.3) is 10.9 Å². The van der Waals surface area contributed by atoms with Crippen molar-refractivity contribution in [3.63, 3.8) is 0 Å². The van der Waals surface area contributed by atoms with Crippen LogP contribution < -0.4 is 24.3 Å². The van der Waals surface area contributed by atoms with Gasteiger partial charge in [0.1, 0.15) is 11.5 Å². The summed E-state index contributed by atoms with van der Waals surface area (Å²) in [6, 6.07) is 16.3. The van der Waals surface area contributed by atoms with Gasteiger partial charge in [-0.15, -0.1) is 0 Å². The summed E-state index contributed by atoms with van der Waals surface area (Å²) in [4.78, 5) is 51.3. The molecule has 0 saturated heterocycles. The molecular formula is C39H40N2O10. The number of esters is 3. The van der Waals surface area contributed by atoms with Crippen LogP contribution in [0, 0.1) is 13.5 Å². The summed E-state index contributed by atoms with van der Waals surface area (Å²) in [5.74, 6) is -0.344. The van der Waals surface area contributed by atoms with Gasteiger partial charge in [-0.05, 0) is 104 Å². The molecular weight excluding hydrogens is 656 g/mol. The number of methoxy groups -OCH3 is 1. The quantitative estimate of drug-likeness (QED) is 0.0436. The molecule has 0 saturated carbocycles. The van der Waals surface area contributed by atoms with Crippen LogP contribution in [0.5, 0.6) is 23.0 Å². The number of rotatable bonds is 20. The van der Waals surface area contributed by atoms with Crippen LogP contribution in [0.15, 0.2) is 91.7 Å². The van der Waals surface area contributed by atoms with Crippen molar-refractivity contribution in [2.45, 2.75) is 32.6 Å². The molecule has 0 aliphatic carbocycles. The van der Waals surface area contributed by atoms with Crippen LogP contribution in [0.1, 0.15) is 47.2 Å². The van der Waals surface area contributed by atoms with Gasteiger partial charge < -0.3 is 33.7 Å². The fourth-order valence-corrected chi connectivity index (χ4v) is 4.32. The average molecular weight is 697 g/mol. The fraction of sp³-hybridized carbons (Fsp3) is 0.256. The molecule has 0 radical (unpaired) electrons. The first-order valence-corrected chi connectivity index (χ1v) is 16.0. The zero-order valence-electron chi connectivity index (χ0n) is 28.6. The smallest absolute Gasteiger partial charge is 0.343 e. The monoisotopic (exact) mass is 696 g/mol. The average Bonchev–Trinajstić information content (AvgIpc) is 3.14. The highest BCUT2D eigenvalue weighted by Crippen LogP contribution is 2.30. The molecule has 0 aromatic heterocycles. The van der Waals surface area contributed by atoms with Crippen LogP contribution in [-0.2, 0) is 23.9 Å². The van der Waals surface area contributed by atoms with Gasteiger partial charge in [-0.3, -0.25) is 4.79 Å². The maximum atomic E-state index is 13.0. The van der Waals surface area contributed by atoms with E-state index in [0.29, 0.717) is 78.5 Å². The Bertz CT molecular complexity index is 1770. The third kappa shape index (κ3) is 13.2. The predicted octanol–water partition coefficient (Wildman–Crippen LogP) is 6.90. The molecule has 0 heterocycles. The van der Waals surface area contributed by atoms with E-state index < -0.39 is 23.8 Å². The molecule has 266 valence electrons. The number of unbranched alkanes of at least 4 members (excludes halogenated alkanes) is 2. The van der Waals surface area contributed by atoms with Gasteiger partial charge >= 0.3 is 17.9 Å². The largest absolute Gasteiger partial charge is 0.494 e. The molecule has 0 fully saturated rings. The summed E-state index contributed by atoms with van der Waals surface area (Å²) in [5.41, 5.74) is 1.77. The lowest BCUT2D eigenvalue weighted by Crippen LogP contribution is -2.14. The minimum absolute atomic E-state index is 0.156. The molecule has 0 spiro atoms. The first-order valence-electron chi connectivity index (χ1n) is 16.0. The number of hydrogen-bond donors (Lipinski definition) is 1. The highest BCUT2D eigenvalue weighted by molar-refractivity contribution is 6.08. The number of ether oxygens (including phenoxy) is 6. The van der Waals surface area contributed by atoms with Crippen LogP contribution >= 0.6 is 0 Å². The molecule has 0 unspecified atom stereocenters. The van der Waals surface area contributed by atoms with Gasteiger partial charge in [-0.2, -0.15) is 0 Å². The Kier molecular flexibility index (Phi) is 16.0. The second kappa shape index (κ2) is 20.9. The summed E-state index contributed by atoms with van der Waals surface area (Å²) in [6.07, 6.45) is 6.26. The normalized spacial score (nSPS) is 10.6.